The molecular weight excluding hydrogens is 368 g/mol. The number of hydrogen-bond donors (Lipinski definition) is 2. The Morgan fingerprint density at radius 1 is 1.07 bits per heavy atom. The first-order valence-corrected chi connectivity index (χ1v) is 9.63. The van der Waals surface area contributed by atoms with Crippen molar-refractivity contribution in [1.29, 1.82) is 0 Å². The third-order valence-electron chi connectivity index (χ3n) is 5.81. The predicted octanol–water partition coefficient (Wildman–Crippen LogP) is 4.28. The topological polar surface area (TPSA) is 95.4 Å². The van der Waals surface area contributed by atoms with E-state index in [1.54, 1.807) is 20.3 Å². The summed E-state index contributed by atoms with van der Waals surface area (Å²) in [5.74, 6) is 1.13. The van der Waals surface area contributed by atoms with Crippen LogP contribution in [0.25, 0.3) is 32.9 Å². The van der Waals surface area contributed by atoms with Gasteiger partial charge < -0.3 is 24.9 Å². The van der Waals surface area contributed by atoms with E-state index in [-0.39, 0.29) is 5.88 Å². The van der Waals surface area contributed by atoms with Crippen molar-refractivity contribution in [2.75, 3.05) is 20.0 Å². The number of para-hydroxylation sites is 1. The number of aromatic hydroxyl groups is 1. The summed E-state index contributed by atoms with van der Waals surface area (Å²) in [6, 6.07) is 9.82. The van der Waals surface area contributed by atoms with Gasteiger partial charge in [0.05, 0.1) is 36.3 Å². The third-order valence-corrected chi connectivity index (χ3v) is 5.81. The van der Waals surface area contributed by atoms with Crippen molar-refractivity contribution in [2.45, 2.75) is 25.3 Å². The number of hydrogen-bond acceptors (Lipinski definition) is 6. The summed E-state index contributed by atoms with van der Waals surface area (Å²) in [7, 11) is 3.14. The zero-order valence-electron chi connectivity index (χ0n) is 16.3. The summed E-state index contributed by atoms with van der Waals surface area (Å²) in [5.41, 5.74) is 10.1. The van der Waals surface area contributed by atoms with E-state index in [0.29, 0.717) is 34.4 Å². The van der Waals surface area contributed by atoms with Gasteiger partial charge in [0.25, 0.3) is 0 Å². The molecule has 7 heteroatoms. The van der Waals surface area contributed by atoms with Crippen LogP contribution in [0.15, 0.2) is 36.5 Å². The molecule has 0 aliphatic heterocycles. The van der Waals surface area contributed by atoms with E-state index in [1.165, 1.54) is 6.42 Å². The number of nitrogens with two attached hydrogens (primary N) is 1. The molecule has 148 valence electrons. The highest BCUT2D eigenvalue weighted by atomic mass is 16.5. The lowest BCUT2D eigenvalue weighted by Crippen LogP contribution is -2.15. The van der Waals surface area contributed by atoms with Crippen LogP contribution in [0.2, 0.25) is 0 Å². The van der Waals surface area contributed by atoms with Crippen molar-refractivity contribution in [1.82, 2.24) is 14.5 Å². The van der Waals surface area contributed by atoms with E-state index in [4.69, 9.17) is 20.2 Å². The van der Waals surface area contributed by atoms with Crippen LogP contribution in [0.5, 0.6) is 17.6 Å². The van der Waals surface area contributed by atoms with Crippen molar-refractivity contribution in [3.63, 3.8) is 0 Å². The third kappa shape index (κ3) is 2.57. The van der Waals surface area contributed by atoms with Crippen molar-refractivity contribution >= 4 is 27.5 Å². The molecule has 0 bridgehead atoms. The summed E-state index contributed by atoms with van der Waals surface area (Å²) in [4.78, 5) is 9.27. The maximum atomic E-state index is 10.8. The quantitative estimate of drug-likeness (QED) is 0.540. The second-order valence-electron chi connectivity index (χ2n) is 7.34. The van der Waals surface area contributed by atoms with Crippen LogP contribution in [-0.4, -0.2) is 33.9 Å². The van der Waals surface area contributed by atoms with E-state index in [2.05, 4.69) is 4.98 Å². The molecule has 1 aliphatic rings. The van der Waals surface area contributed by atoms with Gasteiger partial charge in [0.15, 0.2) is 0 Å². The zero-order valence-corrected chi connectivity index (χ0v) is 16.3. The first kappa shape index (κ1) is 17.6. The van der Waals surface area contributed by atoms with E-state index in [1.807, 2.05) is 35.0 Å². The Bertz CT molecular complexity index is 1240. The van der Waals surface area contributed by atoms with E-state index in [0.717, 1.165) is 34.9 Å². The molecular formula is C22H22N4O3. The van der Waals surface area contributed by atoms with Crippen LogP contribution in [0.4, 0.5) is 5.69 Å². The number of aromatic nitrogens is 3. The highest BCUT2D eigenvalue weighted by molar-refractivity contribution is 6.12. The van der Waals surface area contributed by atoms with Gasteiger partial charge in [0.2, 0.25) is 17.6 Å². The average Bonchev–Trinajstić information content (AvgIpc) is 3.02. The SMILES string of the molecule is COc1ccc(-c2cccc3c(N)c4c(O)n(C5CCC5)cc4nc23)c(OC)n1. The molecule has 29 heavy (non-hydrogen) atoms. The van der Waals surface area contributed by atoms with Crippen molar-refractivity contribution < 1.29 is 14.6 Å². The number of nitrogens with zero attached hydrogens (tertiary/aromatic N) is 3. The standard InChI is InChI=1S/C22H22N4O3/c1-28-17-10-9-14(21(25-17)29-2)13-7-4-8-15-19(23)18-16(24-20(13)15)11-26(22(18)27)12-5-3-6-12/h4,7-12,27H,3,5-6,23H2,1-2H3. The number of pyridine rings is 2. The molecule has 1 saturated carbocycles. The number of methoxy groups -OCH3 is 2. The molecule has 0 atom stereocenters. The predicted molar refractivity (Wildman–Crippen MR) is 113 cm³/mol. The Kier molecular flexibility index (Phi) is 3.97. The van der Waals surface area contributed by atoms with Gasteiger partial charge in [-0.25, -0.2) is 4.98 Å². The van der Waals surface area contributed by atoms with Gasteiger partial charge >= 0.3 is 0 Å². The summed E-state index contributed by atoms with van der Waals surface area (Å²) in [6.07, 6.45) is 5.21. The van der Waals surface area contributed by atoms with Crippen molar-refractivity contribution in [2.24, 2.45) is 0 Å². The summed E-state index contributed by atoms with van der Waals surface area (Å²) < 4.78 is 12.6. The molecule has 0 saturated heterocycles. The highest BCUT2D eigenvalue weighted by Gasteiger charge is 2.25. The fourth-order valence-electron chi connectivity index (χ4n) is 4.04. The molecule has 3 heterocycles. The van der Waals surface area contributed by atoms with E-state index >= 15 is 0 Å². The van der Waals surface area contributed by atoms with Crippen molar-refractivity contribution in [3.8, 4) is 28.8 Å². The monoisotopic (exact) mass is 390 g/mol. The van der Waals surface area contributed by atoms with Gasteiger partial charge in [0.1, 0.15) is 0 Å². The smallest absolute Gasteiger partial charge is 0.224 e. The first-order chi connectivity index (χ1) is 14.1. The molecule has 3 N–H and O–H groups in total. The highest BCUT2D eigenvalue weighted by Crippen LogP contribution is 2.44. The molecule has 7 nitrogen and oxygen atoms in total. The van der Waals surface area contributed by atoms with E-state index < -0.39 is 0 Å². The second kappa shape index (κ2) is 6.55. The number of benzene rings is 1. The lowest BCUT2D eigenvalue weighted by Gasteiger charge is -2.27. The number of anilines is 1. The number of nitrogen functional groups attached to an aromatic ring is 1. The molecule has 0 unspecified atom stereocenters. The Labute approximate surface area is 167 Å². The van der Waals surface area contributed by atoms with Crippen LogP contribution in [-0.2, 0) is 0 Å². The van der Waals surface area contributed by atoms with Gasteiger partial charge in [-0.3, -0.25) is 0 Å². The molecule has 0 amide bonds. The normalized spacial score (nSPS) is 14.3. The lowest BCUT2D eigenvalue weighted by atomic mass is 9.93. The zero-order chi connectivity index (χ0) is 20.1. The lowest BCUT2D eigenvalue weighted by molar-refractivity contribution is 0.283. The Balaban J connectivity index is 1.78. The van der Waals surface area contributed by atoms with Gasteiger partial charge in [-0.05, 0) is 25.3 Å². The molecule has 3 aromatic heterocycles. The number of rotatable bonds is 4. The first-order valence-electron chi connectivity index (χ1n) is 9.63. The molecule has 0 radical (unpaired) electrons. The average molecular weight is 390 g/mol. The van der Waals surface area contributed by atoms with Crippen LogP contribution < -0.4 is 15.2 Å². The van der Waals surface area contributed by atoms with Crippen LogP contribution >= 0.6 is 0 Å². The minimum atomic E-state index is 0.200. The molecule has 1 aliphatic carbocycles. The fourth-order valence-corrected chi connectivity index (χ4v) is 4.04. The Morgan fingerprint density at radius 3 is 2.59 bits per heavy atom. The van der Waals surface area contributed by atoms with E-state index in [9.17, 15) is 5.11 Å². The van der Waals surface area contributed by atoms with Gasteiger partial charge in [-0.15, -0.1) is 0 Å². The Morgan fingerprint density at radius 2 is 1.90 bits per heavy atom. The Hall–Kier alpha value is -3.48. The molecule has 1 aromatic carbocycles. The van der Waals surface area contributed by atoms with Crippen molar-refractivity contribution in [3.05, 3.63) is 36.5 Å². The maximum Gasteiger partial charge on any atom is 0.224 e. The fraction of sp³-hybridized carbons (Fsp3) is 0.273. The molecule has 5 rings (SSSR count). The van der Waals surface area contributed by atoms with Crippen LogP contribution in [0, 0.1) is 0 Å². The van der Waals surface area contributed by atoms with Crippen LogP contribution in [0.1, 0.15) is 25.3 Å². The van der Waals surface area contributed by atoms with Gasteiger partial charge in [0, 0.05) is 34.8 Å². The maximum absolute atomic E-state index is 10.8. The molecule has 1 fully saturated rings. The second-order valence-corrected chi connectivity index (χ2v) is 7.34. The summed E-state index contributed by atoms with van der Waals surface area (Å²) in [6.45, 7) is 0. The van der Waals surface area contributed by atoms with Gasteiger partial charge in [-0.1, -0.05) is 18.2 Å². The minimum absolute atomic E-state index is 0.200. The number of ether oxygens (including phenoxy) is 2. The molecule has 0 spiro atoms. The number of fused-ring (bicyclic) bond motifs is 2. The molecule has 4 aromatic rings. The van der Waals surface area contributed by atoms with Crippen LogP contribution in [0.3, 0.4) is 0 Å². The largest absolute Gasteiger partial charge is 0.494 e. The summed E-state index contributed by atoms with van der Waals surface area (Å²) in [5, 5.41) is 12.2. The summed E-state index contributed by atoms with van der Waals surface area (Å²) >= 11 is 0. The van der Waals surface area contributed by atoms with Gasteiger partial charge in [-0.2, -0.15) is 4.98 Å². The minimum Gasteiger partial charge on any atom is -0.494 e.